The van der Waals surface area contributed by atoms with E-state index in [9.17, 15) is 9.59 Å². The van der Waals surface area contributed by atoms with Crippen LogP contribution in [0.1, 0.15) is 29.4 Å². The predicted molar refractivity (Wildman–Crippen MR) is 65.5 cm³/mol. The van der Waals surface area contributed by atoms with E-state index >= 15 is 0 Å². The number of carbonyl (C=O) groups is 2. The Labute approximate surface area is 110 Å². The lowest BCUT2D eigenvalue weighted by Gasteiger charge is -2.11. The monoisotopic (exact) mass is 268 g/mol. The molecule has 1 rings (SSSR count). The van der Waals surface area contributed by atoms with Gasteiger partial charge in [0.1, 0.15) is 12.0 Å². The number of hydrogen-bond donors (Lipinski definition) is 0. The summed E-state index contributed by atoms with van der Waals surface area (Å²) in [5.74, 6) is -0.967. The van der Waals surface area contributed by atoms with Crippen LogP contribution in [0.15, 0.2) is 0 Å². The van der Waals surface area contributed by atoms with Gasteiger partial charge in [-0.25, -0.2) is 0 Å². The number of ketones is 1. The van der Waals surface area contributed by atoms with Crippen LogP contribution >= 0.6 is 0 Å². The maximum absolute atomic E-state index is 12.1. The molecule has 0 bridgehead atoms. The van der Waals surface area contributed by atoms with Gasteiger partial charge in [-0.3, -0.25) is 9.59 Å². The number of aryl methyl sites for hydroxylation is 1. The average Bonchev–Trinajstić information content (AvgIpc) is 2.44. The van der Waals surface area contributed by atoms with E-state index in [0.29, 0.717) is 12.1 Å². The lowest BCUT2D eigenvalue weighted by Crippen LogP contribution is -2.15. The number of carbonyl (C=O) groups excluding carboxylic acids is 2. The quantitative estimate of drug-likeness (QED) is 0.428. The van der Waals surface area contributed by atoms with Gasteiger partial charge in [0.15, 0.2) is 5.78 Å². The van der Waals surface area contributed by atoms with E-state index in [1.807, 2.05) is 6.92 Å². The van der Waals surface area contributed by atoms with Crippen LogP contribution in [-0.2, 0) is 16.0 Å². The van der Waals surface area contributed by atoms with Crippen LogP contribution in [0, 0.1) is 0 Å². The topological polar surface area (TPSA) is 87.6 Å². The van der Waals surface area contributed by atoms with Crippen molar-refractivity contribution in [2.24, 2.45) is 0 Å². The van der Waals surface area contributed by atoms with Gasteiger partial charge in [-0.05, 0) is 6.42 Å². The van der Waals surface area contributed by atoms with Crippen LogP contribution in [-0.4, -0.2) is 43.0 Å². The minimum absolute atomic E-state index is 0.0950. The number of nitrogens with zero attached hydrogens (tertiary/aromatic N) is 2. The number of Topliss-reactive ketones (excluding diaryl/α,β-unsaturated/α-hetero) is 1. The molecule has 0 atom stereocenters. The third-order valence-corrected chi connectivity index (χ3v) is 2.45. The van der Waals surface area contributed by atoms with Gasteiger partial charge >= 0.3 is 12.0 Å². The summed E-state index contributed by atoms with van der Waals surface area (Å²) < 4.78 is 14.5. The molecule has 0 N–H and O–H groups in total. The first-order valence-electron chi connectivity index (χ1n) is 5.66. The molecule has 0 radical (unpaired) electrons. The summed E-state index contributed by atoms with van der Waals surface area (Å²) in [6.07, 6.45) is 0.104. The Balaban J connectivity index is 3.23. The van der Waals surface area contributed by atoms with Gasteiger partial charge in [-0.15, -0.1) is 0 Å². The molecular weight excluding hydrogens is 252 g/mol. The zero-order valence-electron chi connectivity index (χ0n) is 11.3. The number of ether oxygens (including phenoxy) is 3. The van der Waals surface area contributed by atoms with Gasteiger partial charge in [0.2, 0.25) is 5.88 Å². The zero-order chi connectivity index (χ0) is 14.4. The highest BCUT2D eigenvalue weighted by Crippen LogP contribution is 2.23. The molecule has 0 saturated carbocycles. The number of hydrogen-bond acceptors (Lipinski definition) is 7. The lowest BCUT2D eigenvalue weighted by molar-refractivity contribution is -0.139. The first kappa shape index (κ1) is 14.9. The fraction of sp³-hybridized carbons (Fsp3) is 0.500. The van der Waals surface area contributed by atoms with Crippen LogP contribution in [0.25, 0.3) is 0 Å². The van der Waals surface area contributed by atoms with Crippen LogP contribution in [0.3, 0.4) is 0 Å². The third kappa shape index (κ3) is 3.40. The van der Waals surface area contributed by atoms with E-state index in [2.05, 4.69) is 14.7 Å². The van der Waals surface area contributed by atoms with Crippen molar-refractivity contribution in [1.29, 1.82) is 0 Å². The van der Waals surface area contributed by atoms with Crippen molar-refractivity contribution in [2.45, 2.75) is 19.8 Å². The highest BCUT2D eigenvalue weighted by atomic mass is 16.5. The standard InChI is InChI=1S/C12H16N2O5/c1-5-7-10(8(15)6-9(16)17-2)11(18-3)14-12(13-7)19-4/h5-6H2,1-4H3. The van der Waals surface area contributed by atoms with Crippen molar-refractivity contribution in [1.82, 2.24) is 9.97 Å². The summed E-state index contributed by atoms with van der Waals surface area (Å²) in [6, 6.07) is 0.114. The SMILES string of the molecule is CCc1nc(OC)nc(OC)c1C(=O)CC(=O)OC. The zero-order valence-corrected chi connectivity index (χ0v) is 11.3. The highest BCUT2D eigenvalue weighted by Gasteiger charge is 2.23. The van der Waals surface area contributed by atoms with Crippen LogP contribution in [0.4, 0.5) is 0 Å². The Morgan fingerprint density at radius 2 is 1.79 bits per heavy atom. The summed E-state index contributed by atoms with van der Waals surface area (Å²) in [6.45, 7) is 1.83. The Morgan fingerprint density at radius 1 is 1.11 bits per heavy atom. The molecule has 0 saturated heterocycles. The Kier molecular flexibility index (Phi) is 5.23. The molecule has 0 spiro atoms. The summed E-state index contributed by atoms with van der Waals surface area (Å²) in [5, 5.41) is 0. The van der Waals surface area contributed by atoms with Crippen molar-refractivity contribution in [3.63, 3.8) is 0 Å². The van der Waals surface area contributed by atoms with Crippen LogP contribution in [0.5, 0.6) is 11.9 Å². The molecule has 0 aliphatic carbocycles. The number of aromatic nitrogens is 2. The van der Waals surface area contributed by atoms with Crippen LogP contribution < -0.4 is 9.47 Å². The molecule has 7 heteroatoms. The third-order valence-electron chi connectivity index (χ3n) is 2.45. The van der Waals surface area contributed by atoms with E-state index in [-0.39, 0.29) is 23.9 Å². The summed E-state index contributed by atoms with van der Waals surface area (Å²) in [4.78, 5) is 31.3. The second kappa shape index (κ2) is 6.67. The first-order valence-corrected chi connectivity index (χ1v) is 5.66. The average molecular weight is 268 g/mol. The van der Waals surface area contributed by atoms with Crippen molar-refractivity contribution in [3.8, 4) is 11.9 Å². The molecule has 0 aliphatic rings. The molecule has 104 valence electrons. The summed E-state index contributed by atoms with van der Waals surface area (Å²) in [7, 11) is 4.03. The summed E-state index contributed by atoms with van der Waals surface area (Å²) in [5.41, 5.74) is 0.661. The van der Waals surface area contributed by atoms with E-state index in [4.69, 9.17) is 9.47 Å². The van der Waals surface area contributed by atoms with E-state index in [1.165, 1.54) is 21.3 Å². The maximum Gasteiger partial charge on any atom is 0.319 e. The van der Waals surface area contributed by atoms with Gasteiger partial charge in [-0.1, -0.05) is 6.92 Å². The molecule has 0 aliphatic heterocycles. The molecule has 0 unspecified atom stereocenters. The molecule has 19 heavy (non-hydrogen) atoms. The van der Waals surface area contributed by atoms with Gasteiger partial charge in [-0.2, -0.15) is 9.97 Å². The number of methoxy groups -OCH3 is 3. The van der Waals surface area contributed by atoms with Crippen molar-refractivity contribution in [2.75, 3.05) is 21.3 Å². The second-order valence-corrected chi connectivity index (χ2v) is 3.57. The second-order valence-electron chi connectivity index (χ2n) is 3.57. The molecule has 0 amide bonds. The van der Waals surface area contributed by atoms with Crippen molar-refractivity contribution >= 4 is 11.8 Å². The lowest BCUT2D eigenvalue weighted by atomic mass is 10.1. The van der Waals surface area contributed by atoms with Gasteiger partial charge in [0.25, 0.3) is 0 Å². The smallest absolute Gasteiger partial charge is 0.319 e. The van der Waals surface area contributed by atoms with Gasteiger partial charge in [0.05, 0.1) is 27.0 Å². The predicted octanol–water partition coefficient (Wildman–Crippen LogP) is 0.802. The van der Waals surface area contributed by atoms with E-state index < -0.39 is 11.8 Å². The van der Waals surface area contributed by atoms with Crippen LogP contribution in [0.2, 0.25) is 0 Å². The van der Waals surface area contributed by atoms with E-state index in [1.54, 1.807) is 0 Å². The summed E-state index contributed by atoms with van der Waals surface area (Å²) >= 11 is 0. The fourth-order valence-corrected chi connectivity index (χ4v) is 1.53. The largest absolute Gasteiger partial charge is 0.480 e. The molecule has 0 aromatic carbocycles. The first-order chi connectivity index (χ1) is 9.07. The van der Waals surface area contributed by atoms with Crippen molar-refractivity contribution < 1.29 is 23.8 Å². The highest BCUT2D eigenvalue weighted by molar-refractivity contribution is 6.07. The molecule has 7 nitrogen and oxygen atoms in total. The van der Waals surface area contributed by atoms with Gasteiger partial charge in [0, 0.05) is 0 Å². The van der Waals surface area contributed by atoms with Crippen molar-refractivity contribution in [3.05, 3.63) is 11.3 Å². The number of rotatable bonds is 6. The molecular formula is C12H16N2O5. The maximum atomic E-state index is 12.1. The van der Waals surface area contributed by atoms with Gasteiger partial charge < -0.3 is 14.2 Å². The fourth-order valence-electron chi connectivity index (χ4n) is 1.53. The Bertz CT molecular complexity index is 462. The molecule has 1 aromatic heterocycles. The minimum atomic E-state index is -0.620. The number of esters is 1. The molecule has 1 heterocycles. The molecule has 0 fully saturated rings. The minimum Gasteiger partial charge on any atom is -0.480 e. The normalized spacial score (nSPS) is 9.89. The Morgan fingerprint density at radius 3 is 2.26 bits per heavy atom. The van der Waals surface area contributed by atoms with E-state index in [0.717, 1.165) is 0 Å². The Hall–Kier alpha value is -2.18. The molecule has 1 aromatic rings.